The van der Waals surface area contributed by atoms with Gasteiger partial charge in [0, 0.05) is 5.56 Å². The quantitative estimate of drug-likeness (QED) is 0.500. The van der Waals surface area contributed by atoms with E-state index in [0.717, 1.165) is 5.56 Å². The van der Waals surface area contributed by atoms with E-state index in [1.54, 1.807) is 24.3 Å². The van der Waals surface area contributed by atoms with Gasteiger partial charge in [-0.05, 0) is 24.3 Å². The Bertz CT molecular complexity index is 881. The van der Waals surface area contributed by atoms with E-state index in [0.29, 0.717) is 11.0 Å². The van der Waals surface area contributed by atoms with Gasteiger partial charge in [-0.25, -0.2) is 4.79 Å². The molecule has 0 spiro atoms. The summed E-state index contributed by atoms with van der Waals surface area (Å²) >= 11 is 0. The Morgan fingerprint density at radius 1 is 0.900 bits per heavy atom. The van der Waals surface area contributed by atoms with Crippen molar-refractivity contribution in [1.82, 2.24) is 0 Å². The fourth-order valence-electron chi connectivity index (χ4n) is 1.90. The molecule has 0 bridgehead atoms. The number of rotatable bonds is 0. The lowest BCUT2D eigenvalue weighted by Gasteiger charge is -2.00. The van der Waals surface area contributed by atoms with E-state index < -0.39 is 5.63 Å². The molecule has 0 saturated carbocycles. The number of hydrogen-bond donors (Lipinski definition) is 1. The van der Waals surface area contributed by atoms with Crippen molar-refractivity contribution >= 4 is 11.0 Å². The summed E-state index contributed by atoms with van der Waals surface area (Å²) in [6.45, 7) is 0. The first-order chi connectivity index (χ1) is 9.75. The van der Waals surface area contributed by atoms with E-state index in [-0.39, 0.29) is 11.3 Å². The van der Waals surface area contributed by atoms with Gasteiger partial charge in [0.05, 0.1) is 5.39 Å². The summed E-state index contributed by atoms with van der Waals surface area (Å²) in [5.41, 5.74) is 0.455. The molecule has 0 aliphatic rings. The second-order valence-electron chi connectivity index (χ2n) is 4.23. The fraction of sp³-hybridized carbons (Fsp3) is 0. The maximum absolute atomic E-state index is 11.8. The second kappa shape index (κ2) is 4.94. The first-order valence-corrected chi connectivity index (χ1v) is 6.07. The highest BCUT2D eigenvalue weighted by atomic mass is 16.4. The van der Waals surface area contributed by atoms with Crippen molar-refractivity contribution in [3.05, 3.63) is 76.1 Å². The highest BCUT2D eigenvalue weighted by molar-refractivity contribution is 5.85. The summed E-state index contributed by atoms with van der Waals surface area (Å²) in [4.78, 5) is 11.8. The zero-order valence-electron chi connectivity index (χ0n) is 10.5. The summed E-state index contributed by atoms with van der Waals surface area (Å²) in [7, 11) is 0. The van der Waals surface area contributed by atoms with Gasteiger partial charge < -0.3 is 9.52 Å². The molecule has 3 nitrogen and oxygen atoms in total. The molecule has 1 N–H and O–H groups in total. The van der Waals surface area contributed by atoms with Crippen LogP contribution in [0.25, 0.3) is 11.0 Å². The van der Waals surface area contributed by atoms with E-state index in [1.807, 2.05) is 30.3 Å². The minimum Gasteiger partial charge on any atom is -0.506 e. The van der Waals surface area contributed by atoms with Crippen molar-refractivity contribution in [3.63, 3.8) is 0 Å². The highest BCUT2D eigenvalue weighted by Gasteiger charge is 2.11. The molecule has 0 unspecified atom stereocenters. The molecule has 1 aromatic heterocycles. The van der Waals surface area contributed by atoms with Gasteiger partial charge in [0.1, 0.15) is 11.3 Å². The lowest BCUT2D eigenvalue weighted by Crippen LogP contribution is -2.04. The molecular formula is C17H10O3. The summed E-state index contributed by atoms with van der Waals surface area (Å²) in [5, 5.41) is 10.6. The first-order valence-electron chi connectivity index (χ1n) is 6.07. The van der Waals surface area contributed by atoms with Crippen molar-refractivity contribution in [3.8, 4) is 17.6 Å². The average molecular weight is 262 g/mol. The van der Waals surface area contributed by atoms with Crippen LogP contribution in [0.4, 0.5) is 0 Å². The van der Waals surface area contributed by atoms with Gasteiger partial charge in [-0.15, -0.1) is 0 Å². The third-order valence-electron chi connectivity index (χ3n) is 2.89. The van der Waals surface area contributed by atoms with Gasteiger partial charge in [0.25, 0.3) is 0 Å². The van der Waals surface area contributed by atoms with Crippen LogP contribution in [0.3, 0.4) is 0 Å². The predicted molar refractivity (Wildman–Crippen MR) is 76.6 cm³/mol. The second-order valence-corrected chi connectivity index (χ2v) is 4.23. The van der Waals surface area contributed by atoms with Crippen LogP contribution < -0.4 is 5.63 Å². The maximum Gasteiger partial charge on any atom is 0.356 e. The fourth-order valence-corrected chi connectivity index (χ4v) is 1.90. The molecule has 96 valence electrons. The van der Waals surface area contributed by atoms with Crippen molar-refractivity contribution in [2.24, 2.45) is 0 Å². The molecule has 0 aliphatic heterocycles. The Morgan fingerprint density at radius 3 is 2.40 bits per heavy atom. The van der Waals surface area contributed by atoms with Crippen molar-refractivity contribution in [2.45, 2.75) is 0 Å². The number of aromatic hydroxyl groups is 1. The molecule has 0 aliphatic carbocycles. The van der Waals surface area contributed by atoms with Crippen LogP contribution >= 0.6 is 0 Å². The Hall–Kier alpha value is -2.99. The summed E-state index contributed by atoms with van der Waals surface area (Å²) in [6, 6.07) is 16.1. The van der Waals surface area contributed by atoms with E-state index >= 15 is 0 Å². The minimum atomic E-state index is -0.635. The van der Waals surface area contributed by atoms with Crippen molar-refractivity contribution in [2.75, 3.05) is 0 Å². The number of benzene rings is 2. The highest BCUT2D eigenvalue weighted by Crippen LogP contribution is 2.25. The molecule has 3 heteroatoms. The molecule has 0 fully saturated rings. The van der Waals surface area contributed by atoms with Crippen molar-refractivity contribution < 1.29 is 9.52 Å². The lowest BCUT2D eigenvalue weighted by molar-refractivity contribution is 0.465. The third kappa shape index (κ3) is 2.15. The zero-order chi connectivity index (χ0) is 13.9. The Labute approximate surface area is 115 Å². The van der Waals surface area contributed by atoms with Gasteiger partial charge in [-0.2, -0.15) is 0 Å². The maximum atomic E-state index is 11.8. The predicted octanol–water partition coefficient (Wildman–Crippen LogP) is 2.90. The Balaban J connectivity index is 2.18. The molecular weight excluding hydrogens is 252 g/mol. The van der Waals surface area contributed by atoms with Gasteiger partial charge in [0.2, 0.25) is 0 Å². The molecule has 3 rings (SSSR count). The molecule has 0 atom stereocenters. The van der Waals surface area contributed by atoms with Gasteiger partial charge in [-0.1, -0.05) is 42.2 Å². The lowest BCUT2D eigenvalue weighted by atomic mass is 10.1. The van der Waals surface area contributed by atoms with Crippen molar-refractivity contribution in [1.29, 1.82) is 0 Å². The van der Waals surface area contributed by atoms with Gasteiger partial charge >= 0.3 is 5.63 Å². The van der Waals surface area contributed by atoms with Gasteiger partial charge in [-0.3, -0.25) is 0 Å². The summed E-state index contributed by atoms with van der Waals surface area (Å²) in [6.07, 6.45) is 0. The van der Waals surface area contributed by atoms with Crippen LogP contribution in [0.1, 0.15) is 11.1 Å². The normalized spacial score (nSPS) is 10.0. The molecule has 2 aromatic carbocycles. The van der Waals surface area contributed by atoms with E-state index in [2.05, 4.69) is 11.8 Å². The minimum absolute atomic E-state index is 0.0208. The van der Waals surface area contributed by atoms with Crippen LogP contribution in [-0.4, -0.2) is 5.11 Å². The number of hydrogen-bond acceptors (Lipinski definition) is 3. The Morgan fingerprint density at radius 2 is 1.60 bits per heavy atom. The topological polar surface area (TPSA) is 50.4 Å². The molecule has 0 radical (unpaired) electrons. The van der Waals surface area contributed by atoms with Gasteiger partial charge in [0.15, 0.2) is 5.56 Å². The number of fused-ring (bicyclic) bond motifs is 1. The van der Waals surface area contributed by atoms with E-state index in [9.17, 15) is 9.90 Å². The molecule has 3 aromatic rings. The standard InChI is InChI=1S/C17H10O3/c18-16-13-8-4-5-9-15(13)20-17(19)14(16)11-10-12-6-2-1-3-7-12/h1-9,18H. The molecule has 20 heavy (non-hydrogen) atoms. The first kappa shape index (κ1) is 12.1. The zero-order valence-corrected chi connectivity index (χ0v) is 10.5. The smallest absolute Gasteiger partial charge is 0.356 e. The summed E-state index contributed by atoms with van der Waals surface area (Å²) < 4.78 is 5.14. The largest absolute Gasteiger partial charge is 0.506 e. The molecule has 0 amide bonds. The van der Waals surface area contributed by atoms with E-state index in [4.69, 9.17) is 4.42 Å². The summed E-state index contributed by atoms with van der Waals surface area (Å²) in [5.74, 6) is 5.38. The molecule has 0 saturated heterocycles. The van der Waals surface area contributed by atoms with Crippen LogP contribution in [0.15, 0.2) is 63.8 Å². The van der Waals surface area contributed by atoms with E-state index in [1.165, 1.54) is 0 Å². The average Bonchev–Trinajstić information content (AvgIpc) is 2.48. The SMILES string of the molecule is O=c1oc2ccccc2c(O)c1C#Cc1ccccc1. The van der Waals surface area contributed by atoms with Crippen LogP contribution in [0.5, 0.6) is 5.75 Å². The van der Waals surface area contributed by atoms with Crippen LogP contribution in [0.2, 0.25) is 0 Å². The van der Waals surface area contributed by atoms with Crippen LogP contribution in [0, 0.1) is 11.8 Å². The molecule has 1 heterocycles. The van der Waals surface area contributed by atoms with Crippen LogP contribution in [-0.2, 0) is 0 Å². The Kier molecular flexibility index (Phi) is 2.98. The third-order valence-corrected chi connectivity index (χ3v) is 2.89. The number of para-hydroxylation sites is 1. The monoisotopic (exact) mass is 262 g/mol.